The molecule has 0 saturated carbocycles. The van der Waals surface area contributed by atoms with E-state index >= 15 is 0 Å². The zero-order valence-corrected chi connectivity index (χ0v) is 14.4. The summed E-state index contributed by atoms with van der Waals surface area (Å²) in [6.45, 7) is 2.88. The highest BCUT2D eigenvalue weighted by atomic mass is 32.2. The van der Waals surface area contributed by atoms with Crippen LogP contribution in [-0.2, 0) is 4.79 Å². The van der Waals surface area contributed by atoms with E-state index in [9.17, 15) is 4.79 Å². The average molecular weight is 322 g/mol. The molecular weight excluding hydrogens is 296 g/mol. The van der Waals surface area contributed by atoms with Gasteiger partial charge in [-0.25, -0.2) is 0 Å². The van der Waals surface area contributed by atoms with Crippen LogP contribution in [0, 0.1) is 0 Å². The molecule has 4 nitrogen and oxygen atoms in total. The third-order valence-corrected chi connectivity index (χ3v) is 5.04. The fourth-order valence-electron chi connectivity index (χ4n) is 3.04. The molecule has 122 valence electrons. The van der Waals surface area contributed by atoms with Crippen LogP contribution in [0.15, 0.2) is 24.3 Å². The molecule has 1 aliphatic rings. The first kappa shape index (κ1) is 17.2. The highest BCUT2D eigenvalue weighted by molar-refractivity contribution is 7.98. The van der Waals surface area contributed by atoms with Gasteiger partial charge in [-0.15, -0.1) is 0 Å². The fourth-order valence-corrected chi connectivity index (χ4v) is 3.53. The number of benzene rings is 1. The van der Waals surface area contributed by atoms with E-state index in [-0.39, 0.29) is 18.0 Å². The molecule has 0 radical (unpaired) electrons. The van der Waals surface area contributed by atoms with E-state index in [1.165, 1.54) is 5.56 Å². The lowest BCUT2D eigenvalue weighted by molar-refractivity contribution is -0.133. The summed E-state index contributed by atoms with van der Waals surface area (Å²) in [5.74, 6) is 2.27. The first-order valence-electron chi connectivity index (χ1n) is 7.75. The van der Waals surface area contributed by atoms with E-state index in [2.05, 4.69) is 19.1 Å². The summed E-state index contributed by atoms with van der Waals surface area (Å²) in [5, 5.41) is 0. The van der Waals surface area contributed by atoms with Crippen LogP contribution in [0.2, 0.25) is 0 Å². The Balaban J connectivity index is 2.00. The second kappa shape index (κ2) is 7.88. The van der Waals surface area contributed by atoms with Gasteiger partial charge in [-0.1, -0.05) is 12.1 Å². The van der Waals surface area contributed by atoms with Crippen molar-refractivity contribution in [3.8, 4) is 5.75 Å². The van der Waals surface area contributed by atoms with Crippen LogP contribution >= 0.6 is 11.8 Å². The molecule has 1 heterocycles. The van der Waals surface area contributed by atoms with Gasteiger partial charge in [0.25, 0.3) is 0 Å². The van der Waals surface area contributed by atoms with Crippen molar-refractivity contribution in [2.45, 2.75) is 37.8 Å². The number of thioether (sulfide) groups is 1. The van der Waals surface area contributed by atoms with Gasteiger partial charge in [-0.05, 0) is 49.5 Å². The summed E-state index contributed by atoms with van der Waals surface area (Å²) >= 11 is 1.73. The Morgan fingerprint density at radius 3 is 2.73 bits per heavy atom. The van der Waals surface area contributed by atoms with Gasteiger partial charge in [0.05, 0.1) is 13.2 Å². The topological polar surface area (TPSA) is 55.6 Å². The Hall–Kier alpha value is -1.20. The molecule has 1 aliphatic heterocycles. The van der Waals surface area contributed by atoms with Gasteiger partial charge in [-0.2, -0.15) is 11.8 Å². The third kappa shape index (κ3) is 3.96. The maximum Gasteiger partial charge on any atom is 0.239 e. The second-order valence-corrected chi connectivity index (χ2v) is 6.92. The first-order valence-corrected chi connectivity index (χ1v) is 9.15. The van der Waals surface area contributed by atoms with E-state index < -0.39 is 0 Å². The predicted molar refractivity (Wildman–Crippen MR) is 92.5 cm³/mol. The summed E-state index contributed by atoms with van der Waals surface area (Å²) in [7, 11) is 1.67. The minimum Gasteiger partial charge on any atom is -0.497 e. The molecule has 2 rings (SSSR count). The summed E-state index contributed by atoms with van der Waals surface area (Å²) in [4.78, 5) is 14.5. The highest BCUT2D eigenvalue weighted by Gasteiger charge is 2.34. The highest BCUT2D eigenvalue weighted by Crippen LogP contribution is 2.32. The molecule has 1 fully saturated rings. The van der Waals surface area contributed by atoms with Crippen molar-refractivity contribution >= 4 is 17.7 Å². The molecule has 3 atom stereocenters. The lowest BCUT2D eigenvalue weighted by Crippen LogP contribution is -2.45. The van der Waals surface area contributed by atoms with E-state index in [0.717, 1.165) is 30.9 Å². The largest absolute Gasteiger partial charge is 0.497 e. The van der Waals surface area contributed by atoms with Crippen molar-refractivity contribution in [1.82, 2.24) is 4.90 Å². The Labute approximate surface area is 137 Å². The maximum absolute atomic E-state index is 12.5. The molecule has 0 bridgehead atoms. The number of methoxy groups -OCH3 is 1. The number of amides is 1. The Morgan fingerprint density at radius 2 is 2.14 bits per heavy atom. The lowest BCUT2D eigenvalue weighted by Gasteiger charge is -2.25. The van der Waals surface area contributed by atoms with Crippen LogP contribution in [0.3, 0.4) is 0 Å². The normalized spacial score (nSPS) is 22.6. The molecule has 1 aromatic rings. The molecule has 2 N–H and O–H groups in total. The minimum absolute atomic E-state index is 0.0950. The van der Waals surface area contributed by atoms with Crippen LogP contribution < -0.4 is 10.5 Å². The smallest absolute Gasteiger partial charge is 0.239 e. The quantitative estimate of drug-likeness (QED) is 0.874. The number of nitrogens with zero attached hydrogens (tertiary/aromatic N) is 1. The molecule has 0 aliphatic carbocycles. The summed E-state index contributed by atoms with van der Waals surface area (Å²) in [6.07, 6.45) is 3.78. The second-order valence-electron chi connectivity index (χ2n) is 5.93. The van der Waals surface area contributed by atoms with Gasteiger partial charge in [0, 0.05) is 18.5 Å². The number of rotatable bonds is 6. The molecule has 1 saturated heterocycles. The molecule has 22 heavy (non-hydrogen) atoms. The molecule has 0 aromatic heterocycles. The SMILES string of the molecule is COc1ccc([C@@H]2C[C@@H](C)N(C(=O)[C@H](N)CCSC)C2)cc1. The van der Waals surface area contributed by atoms with E-state index in [1.807, 2.05) is 23.3 Å². The summed E-state index contributed by atoms with van der Waals surface area (Å²) in [5.41, 5.74) is 7.31. The number of hydrogen-bond donors (Lipinski definition) is 1. The number of carbonyl (C=O) groups excluding carboxylic acids is 1. The third-order valence-electron chi connectivity index (χ3n) is 4.40. The standard InChI is InChI=1S/C17H26N2O2S/c1-12-10-14(13-4-6-15(21-2)7-5-13)11-19(12)17(20)16(18)8-9-22-3/h4-7,12,14,16H,8-11,18H2,1-3H3/t12-,14-,16-/m1/s1. The zero-order chi connectivity index (χ0) is 16.1. The zero-order valence-electron chi connectivity index (χ0n) is 13.6. The molecule has 5 heteroatoms. The molecule has 1 aromatic carbocycles. The molecule has 0 spiro atoms. The van der Waals surface area contributed by atoms with Crippen molar-refractivity contribution in [2.24, 2.45) is 5.73 Å². The van der Waals surface area contributed by atoms with Crippen LogP contribution in [0.5, 0.6) is 5.75 Å². The van der Waals surface area contributed by atoms with Crippen LogP contribution in [0.1, 0.15) is 31.2 Å². The molecule has 0 unspecified atom stereocenters. The van der Waals surface area contributed by atoms with Crippen molar-refractivity contribution < 1.29 is 9.53 Å². The number of carbonyl (C=O) groups is 1. The summed E-state index contributed by atoms with van der Waals surface area (Å²) in [6, 6.07) is 8.03. The summed E-state index contributed by atoms with van der Waals surface area (Å²) < 4.78 is 5.20. The number of likely N-dealkylation sites (tertiary alicyclic amines) is 1. The fraction of sp³-hybridized carbons (Fsp3) is 0.588. The van der Waals surface area contributed by atoms with E-state index in [4.69, 9.17) is 10.5 Å². The van der Waals surface area contributed by atoms with Crippen LogP contribution in [0.25, 0.3) is 0 Å². The first-order chi connectivity index (χ1) is 10.6. The minimum atomic E-state index is -0.371. The van der Waals surface area contributed by atoms with Crippen molar-refractivity contribution in [1.29, 1.82) is 0 Å². The van der Waals surface area contributed by atoms with Crippen LogP contribution in [0.4, 0.5) is 0 Å². The molecule has 1 amide bonds. The number of nitrogens with two attached hydrogens (primary N) is 1. The van der Waals surface area contributed by atoms with E-state index in [1.54, 1.807) is 18.9 Å². The maximum atomic E-state index is 12.5. The van der Waals surface area contributed by atoms with E-state index in [0.29, 0.717) is 5.92 Å². The number of hydrogen-bond acceptors (Lipinski definition) is 4. The van der Waals surface area contributed by atoms with Gasteiger partial charge >= 0.3 is 0 Å². The Kier molecular flexibility index (Phi) is 6.15. The van der Waals surface area contributed by atoms with Gasteiger partial charge in [0.2, 0.25) is 5.91 Å². The van der Waals surface area contributed by atoms with Crippen molar-refractivity contribution in [3.63, 3.8) is 0 Å². The van der Waals surface area contributed by atoms with Gasteiger partial charge < -0.3 is 15.4 Å². The lowest BCUT2D eigenvalue weighted by atomic mass is 9.97. The van der Waals surface area contributed by atoms with Gasteiger partial charge in [0.15, 0.2) is 0 Å². The van der Waals surface area contributed by atoms with Gasteiger partial charge in [0.1, 0.15) is 5.75 Å². The Morgan fingerprint density at radius 1 is 1.45 bits per heavy atom. The average Bonchev–Trinajstić information content (AvgIpc) is 2.93. The predicted octanol–water partition coefficient (Wildman–Crippen LogP) is 2.48. The Bertz CT molecular complexity index is 492. The van der Waals surface area contributed by atoms with Crippen molar-refractivity contribution in [2.75, 3.05) is 25.7 Å². The van der Waals surface area contributed by atoms with Crippen molar-refractivity contribution in [3.05, 3.63) is 29.8 Å². The molecular formula is C17H26N2O2S. The van der Waals surface area contributed by atoms with Gasteiger partial charge in [-0.3, -0.25) is 4.79 Å². The van der Waals surface area contributed by atoms with Crippen LogP contribution in [-0.4, -0.2) is 48.6 Å². The monoisotopic (exact) mass is 322 g/mol. The number of ether oxygens (including phenoxy) is 1.